The van der Waals surface area contributed by atoms with Crippen molar-refractivity contribution in [3.8, 4) is 0 Å². The molecule has 1 aliphatic rings. The molecular weight excluding hydrogens is 460 g/mol. The summed E-state index contributed by atoms with van der Waals surface area (Å²) in [4.78, 5) is 0. The molecule has 0 spiro atoms. The number of aliphatic hydroxyl groups excluding tert-OH is 1. The van der Waals surface area contributed by atoms with Gasteiger partial charge in [-0.3, -0.25) is 0 Å². The van der Waals surface area contributed by atoms with Gasteiger partial charge in [0.25, 0.3) is 0 Å². The SMILES string of the molecule is CCCCCCCCCCCCCCCC(O)CC/C=C(C)/C=C/C=C(C)/C=C/C1=C(C)CCCC1(C)C. The van der Waals surface area contributed by atoms with Gasteiger partial charge < -0.3 is 5.11 Å². The average Bonchev–Trinajstić information content (AvgIpc) is 2.86. The second-order valence-corrected chi connectivity index (χ2v) is 12.7. The molecule has 0 saturated heterocycles. The third kappa shape index (κ3) is 17.3. The van der Waals surface area contributed by atoms with Crippen molar-refractivity contribution >= 4 is 0 Å². The van der Waals surface area contributed by atoms with Crippen LogP contribution < -0.4 is 0 Å². The molecule has 1 heteroatoms. The minimum Gasteiger partial charge on any atom is -0.393 e. The summed E-state index contributed by atoms with van der Waals surface area (Å²) in [5.74, 6) is 0. The molecule has 38 heavy (non-hydrogen) atoms. The van der Waals surface area contributed by atoms with Crippen molar-refractivity contribution in [2.75, 3.05) is 0 Å². The van der Waals surface area contributed by atoms with Crippen LogP contribution in [0.15, 0.2) is 58.7 Å². The Balaban J connectivity index is 2.13. The molecule has 0 saturated carbocycles. The van der Waals surface area contributed by atoms with Crippen molar-refractivity contribution in [3.05, 3.63) is 58.7 Å². The second kappa shape index (κ2) is 21.5. The van der Waals surface area contributed by atoms with Crippen molar-refractivity contribution in [3.63, 3.8) is 0 Å². The first-order valence-electron chi connectivity index (χ1n) is 16.3. The molecule has 0 bridgehead atoms. The largest absolute Gasteiger partial charge is 0.393 e. The summed E-state index contributed by atoms with van der Waals surface area (Å²) in [6, 6.07) is 0. The van der Waals surface area contributed by atoms with Crippen LogP contribution in [-0.4, -0.2) is 11.2 Å². The monoisotopic (exact) mass is 524 g/mol. The van der Waals surface area contributed by atoms with Gasteiger partial charge in [-0.25, -0.2) is 0 Å². The van der Waals surface area contributed by atoms with Crippen LogP contribution in [0.25, 0.3) is 0 Å². The quantitative estimate of drug-likeness (QED) is 0.117. The molecule has 0 fully saturated rings. The molecule has 1 aliphatic carbocycles. The summed E-state index contributed by atoms with van der Waals surface area (Å²) >= 11 is 0. The number of unbranched alkanes of at least 4 members (excludes halogenated alkanes) is 12. The highest BCUT2D eigenvalue weighted by Gasteiger charge is 2.26. The summed E-state index contributed by atoms with van der Waals surface area (Å²) in [6.45, 7) is 13.7. The van der Waals surface area contributed by atoms with Crippen molar-refractivity contribution in [2.24, 2.45) is 5.41 Å². The van der Waals surface area contributed by atoms with E-state index < -0.39 is 0 Å². The van der Waals surface area contributed by atoms with Gasteiger partial charge >= 0.3 is 0 Å². The van der Waals surface area contributed by atoms with E-state index in [9.17, 15) is 5.11 Å². The maximum absolute atomic E-state index is 10.3. The molecular formula is C37H64O. The lowest BCUT2D eigenvalue weighted by Crippen LogP contribution is -2.19. The molecule has 218 valence electrons. The smallest absolute Gasteiger partial charge is 0.0543 e. The molecule has 0 heterocycles. The zero-order chi connectivity index (χ0) is 28.1. The van der Waals surface area contributed by atoms with Crippen LogP contribution in [0, 0.1) is 5.41 Å². The molecule has 1 unspecified atom stereocenters. The Labute approximate surface area is 238 Å². The first-order chi connectivity index (χ1) is 18.3. The predicted octanol–water partition coefficient (Wildman–Crippen LogP) is 12.1. The van der Waals surface area contributed by atoms with Crippen LogP contribution >= 0.6 is 0 Å². The van der Waals surface area contributed by atoms with Gasteiger partial charge in [0, 0.05) is 0 Å². The minimum absolute atomic E-state index is 0.148. The Hall–Kier alpha value is -1.34. The third-order valence-electron chi connectivity index (χ3n) is 8.38. The zero-order valence-electron chi connectivity index (χ0n) is 26.4. The van der Waals surface area contributed by atoms with Gasteiger partial charge in [-0.15, -0.1) is 0 Å². The maximum atomic E-state index is 10.3. The van der Waals surface area contributed by atoms with E-state index in [0.29, 0.717) is 5.41 Å². The van der Waals surface area contributed by atoms with Gasteiger partial charge in [0.05, 0.1) is 6.10 Å². The van der Waals surface area contributed by atoms with Crippen LogP contribution in [0.5, 0.6) is 0 Å². The van der Waals surface area contributed by atoms with E-state index in [2.05, 4.69) is 78.0 Å². The Morgan fingerprint density at radius 2 is 1.39 bits per heavy atom. The van der Waals surface area contributed by atoms with Crippen LogP contribution in [-0.2, 0) is 0 Å². The molecule has 0 aromatic carbocycles. The molecule has 0 radical (unpaired) electrons. The van der Waals surface area contributed by atoms with Gasteiger partial charge in [-0.2, -0.15) is 0 Å². The molecule has 1 atom stereocenters. The van der Waals surface area contributed by atoms with Gasteiger partial charge in [-0.1, -0.05) is 157 Å². The Kier molecular flexibility index (Phi) is 19.6. The van der Waals surface area contributed by atoms with E-state index in [4.69, 9.17) is 0 Å². The zero-order valence-corrected chi connectivity index (χ0v) is 26.4. The fourth-order valence-electron chi connectivity index (χ4n) is 5.75. The van der Waals surface area contributed by atoms with E-state index in [0.717, 1.165) is 19.3 Å². The fourth-order valence-corrected chi connectivity index (χ4v) is 5.75. The molecule has 0 aromatic heterocycles. The summed E-state index contributed by atoms with van der Waals surface area (Å²) in [7, 11) is 0. The van der Waals surface area contributed by atoms with E-state index in [-0.39, 0.29) is 6.10 Å². The van der Waals surface area contributed by atoms with E-state index in [1.54, 1.807) is 5.57 Å². The minimum atomic E-state index is -0.148. The number of hydrogen-bond donors (Lipinski definition) is 1. The molecule has 1 rings (SSSR count). The van der Waals surface area contributed by atoms with E-state index >= 15 is 0 Å². The summed E-state index contributed by atoms with van der Waals surface area (Å²) < 4.78 is 0. The molecule has 0 amide bonds. The Morgan fingerprint density at radius 1 is 0.816 bits per heavy atom. The van der Waals surface area contributed by atoms with Crippen molar-refractivity contribution in [2.45, 2.75) is 170 Å². The highest BCUT2D eigenvalue weighted by molar-refractivity contribution is 5.37. The number of hydrogen-bond acceptors (Lipinski definition) is 1. The van der Waals surface area contributed by atoms with Crippen LogP contribution in [0.2, 0.25) is 0 Å². The molecule has 0 aromatic rings. The topological polar surface area (TPSA) is 20.2 Å². The lowest BCUT2D eigenvalue weighted by atomic mass is 9.72. The molecule has 1 N–H and O–H groups in total. The first kappa shape index (κ1) is 34.7. The number of allylic oxidation sites excluding steroid dienone is 10. The molecule has 0 aliphatic heterocycles. The van der Waals surface area contributed by atoms with Crippen LogP contribution in [0.3, 0.4) is 0 Å². The predicted molar refractivity (Wildman–Crippen MR) is 172 cm³/mol. The third-order valence-corrected chi connectivity index (χ3v) is 8.38. The lowest BCUT2D eigenvalue weighted by Gasteiger charge is -2.32. The fraction of sp³-hybridized carbons (Fsp3) is 0.730. The lowest BCUT2D eigenvalue weighted by molar-refractivity contribution is 0.152. The van der Waals surface area contributed by atoms with E-state index in [1.807, 2.05) is 0 Å². The maximum Gasteiger partial charge on any atom is 0.0543 e. The van der Waals surface area contributed by atoms with E-state index in [1.165, 1.54) is 119 Å². The number of aliphatic hydroxyl groups is 1. The van der Waals surface area contributed by atoms with Gasteiger partial charge in [0.15, 0.2) is 0 Å². The summed E-state index contributed by atoms with van der Waals surface area (Å²) in [6.07, 6.45) is 37.8. The van der Waals surface area contributed by atoms with Gasteiger partial charge in [-0.05, 0) is 70.3 Å². The van der Waals surface area contributed by atoms with Crippen molar-refractivity contribution in [1.82, 2.24) is 0 Å². The van der Waals surface area contributed by atoms with Gasteiger partial charge in [0.1, 0.15) is 0 Å². The highest BCUT2D eigenvalue weighted by Crippen LogP contribution is 2.40. The Bertz CT molecular complexity index is 758. The van der Waals surface area contributed by atoms with Crippen LogP contribution in [0.4, 0.5) is 0 Å². The van der Waals surface area contributed by atoms with Crippen molar-refractivity contribution in [1.29, 1.82) is 0 Å². The van der Waals surface area contributed by atoms with Gasteiger partial charge in [0.2, 0.25) is 0 Å². The standard InChI is InChI=1S/C37H64O/c1-7-8-9-10-11-12-13-14-15-16-17-18-19-27-35(38)28-21-25-32(2)23-20-24-33(3)29-30-36-34(4)26-22-31-37(36,5)6/h20,23-25,29-30,35,38H,7-19,21-22,26-28,31H2,1-6H3/b23-20+,30-29+,32-25+,33-24+. The number of rotatable bonds is 21. The average molecular weight is 525 g/mol. The molecule has 1 nitrogen and oxygen atoms in total. The summed E-state index contributed by atoms with van der Waals surface area (Å²) in [5, 5.41) is 10.3. The van der Waals surface area contributed by atoms with Crippen molar-refractivity contribution < 1.29 is 5.11 Å². The van der Waals surface area contributed by atoms with Crippen LogP contribution in [0.1, 0.15) is 164 Å². The Morgan fingerprint density at radius 3 is 1.97 bits per heavy atom. The highest BCUT2D eigenvalue weighted by atomic mass is 16.3. The first-order valence-corrected chi connectivity index (χ1v) is 16.3. The normalized spacial score (nSPS) is 17.8. The second-order valence-electron chi connectivity index (χ2n) is 12.7. The summed E-state index contributed by atoms with van der Waals surface area (Å²) in [5.41, 5.74) is 5.93.